The lowest BCUT2D eigenvalue weighted by Gasteiger charge is -2.22. The van der Waals surface area contributed by atoms with Crippen LogP contribution < -0.4 is 10.6 Å². The quantitative estimate of drug-likeness (QED) is 0.227. The highest BCUT2D eigenvalue weighted by molar-refractivity contribution is 6.24. The van der Waals surface area contributed by atoms with Gasteiger partial charge in [0.25, 0.3) is 5.91 Å². The molecule has 1 aliphatic carbocycles. The van der Waals surface area contributed by atoms with E-state index in [2.05, 4.69) is 42.7 Å². The van der Waals surface area contributed by atoms with E-state index >= 15 is 0 Å². The highest BCUT2D eigenvalue weighted by Crippen LogP contribution is 2.38. The maximum absolute atomic E-state index is 13.0. The number of anilines is 1. The molecule has 0 spiro atoms. The van der Waals surface area contributed by atoms with E-state index in [1.807, 2.05) is 6.07 Å². The lowest BCUT2D eigenvalue weighted by molar-refractivity contribution is -0.181. The number of rotatable bonds is 7. The lowest BCUT2D eigenvalue weighted by atomic mass is 9.82. The number of hydrogen-bond donors (Lipinski definition) is 3. The van der Waals surface area contributed by atoms with E-state index in [0.29, 0.717) is 31.3 Å². The van der Waals surface area contributed by atoms with Crippen molar-refractivity contribution in [3.8, 4) is 11.8 Å². The van der Waals surface area contributed by atoms with E-state index < -0.39 is 41.6 Å². The first-order chi connectivity index (χ1) is 21.0. The van der Waals surface area contributed by atoms with Gasteiger partial charge in [0.05, 0.1) is 18.5 Å². The molecule has 4 amide bonds. The highest BCUT2D eigenvalue weighted by Gasteiger charge is 2.61. The zero-order valence-electron chi connectivity index (χ0n) is 25.3. The topological polar surface area (TPSA) is 156 Å². The second-order valence-corrected chi connectivity index (χ2v) is 12.3. The number of pyridine rings is 1. The molecule has 1 saturated carbocycles. The third-order valence-electron chi connectivity index (χ3n) is 7.39. The Balaban J connectivity index is 0.000000283. The van der Waals surface area contributed by atoms with Crippen molar-refractivity contribution < 1.29 is 41.8 Å². The molecule has 0 radical (unpaired) electrons. The van der Waals surface area contributed by atoms with Crippen LogP contribution in [0, 0.1) is 35.0 Å². The lowest BCUT2D eigenvalue weighted by Crippen LogP contribution is -2.52. The number of alkyl halides is 5. The predicted molar refractivity (Wildman–Crippen MR) is 156 cm³/mol. The number of carbonyl (C=O) groups excluding carboxylic acids is 4. The molecule has 1 aromatic rings. The molecule has 45 heavy (non-hydrogen) atoms. The van der Waals surface area contributed by atoms with Crippen LogP contribution in [-0.4, -0.2) is 87.5 Å². The fourth-order valence-electron chi connectivity index (χ4n) is 5.12. The van der Waals surface area contributed by atoms with Gasteiger partial charge in [-0.2, -0.15) is 22.8 Å². The molecule has 0 bridgehead atoms. The van der Waals surface area contributed by atoms with E-state index in [9.17, 15) is 41.8 Å². The third kappa shape index (κ3) is 10.7. The number of likely N-dealkylation sites (tertiary alicyclic amines) is 2. The van der Waals surface area contributed by atoms with Gasteiger partial charge in [-0.15, -0.1) is 0 Å². The Hall–Kier alpha value is -3.67. The molecule has 3 aliphatic rings. The predicted octanol–water partition coefficient (Wildman–Crippen LogP) is 3.98. The monoisotopic (exact) mass is 662 g/mol. The smallest absolute Gasteiger partial charge is 0.400 e. The maximum Gasteiger partial charge on any atom is 0.400 e. The van der Waals surface area contributed by atoms with Gasteiger partial charge in [0.1, 0.15) is 6.04 Å². The van der Waals surface area contributed by atoms with Crippen molar-refractivity contribution in [3.63, 3.8) is 0 Å². The first kappa shape index (κ1) is 37.5. The van der Waals surface area contributed by atoms with Crippen LogP contribution in [0.15, 0.2) is 18.3 Å². The summed E-state index contributed by atoms with van der Waals surface area (Å²) in [4.78, 5) is 52.4. The van der Waals surface area contributed by atoms with E-state index in [1.165, 1.54) is 22.1 Å². The summed E-state index contributed by atoms with van der Waals surface area (Å²) < 4.78 is 50.8. The largest absolute Gasteiger partial charge is 0.504 e. The summed E-state index contributed by atoms with van der Waals surface area (Å²) in [7, 11) is 0. The molecule has 0 aromatic carbocycles. The number of nitriles is 1. The molecular formula is C29H39ClF4N6O5. The molecule has 4 rings (SSSR count). The second kappa shape index (κ2) is 16.6. The molecule has 1 aromatic heterocycles. The number of fused-ring (bicyclic) bond motifs is 1. The zero-order valence-corrected chi connectivity index (χ0v) is 26.1. The second-order valence-electron chi connectivity index (χ2n) is 11.8. The van der Waals surface area contributed by atoms with Crippen molar-refractivity contribution >= 4 is 41.6 Å². The van der Waals surface area contributed by atoms with Crippen molar-refractivity contribution in [3.05, 3.63) is 18.3 Å². The van der Waals surface area contributed by atoms with E-state index in [0.717, 1.165) is 31.6 Å². The minimum atomic E-state index is -5.06. The summed E-state index contributed by atoms with van der Waals surface area (Å²) >= 11 is 4.21. The van der Waals surface area contributed by atoms with Crippen molar-refractivity contribution in [1.82, 2.24) is 20.1 Å². The van der Waals surface area contributed by atoms with Gasteiger partial charge >= 0.3 is 11.3 Å². The number of nitrogens with one attached hydrogen (secondary N) is 2. The van der Waals surface area contributed by atoms with Gasteiger partial charge in [-0.25, -0.2) is 4.98 Å². The van der Waals surface area contributed by atoms with Gasteiger partial charge in [0.2, 0.25) is 18.2 Å². The molecular weight excluding hydrogens is 624 g/mol. The number of halogens is 5. The first-order valence-corrected chi connectivity index (χ1v) is 15.0. The van der Waals surface area contributed by atoms with Gasteiger partial charge < -0.3 is 25.5 Å². The first-order valence-electron chi connectivity index (χ1n) is 14.6. The zero-order chi connectivity index (χ0) is 33.9. The fourth-order valence-corrected chi connectivity index (χ4v) is 5.21. The molecule has 2 saturated heterocycles. The molecule has 4 unspecified atom stereocenters. The van der Waals surface area contributed by atoms with Crippen molar-refractivity contribution in [1.29, 1.82) is 5.26 Å². The number of amides is 4. The Bertz CT molecular complexity index is 1210. The average Bonchev–Trinajstić information content (AvgIpc) is 3.61. The van der Waals surface area contributed by atoms with Crippen LogP contribution in [0.1, 0.15) is 52.9 Å². The molecule has 16 heteroatoms. The third-order valence-corrected chi connectivity index (χ3v) is 7.63. The van der Waals surface area contributed by atoms with Gasteiger partial charge in [-0.3, -0.25) is 19.2 Å². The van der Waals surface area contributed by atoms with Gasteiger partial charge in [0.15, 0.2) is 11.6 Å². The fraction of sp³-hybridized carbons (Fsp3) is 0.655. The summed E-state index contributed by atoms with van der Waals surface area (Å²) in [6.45, 7) is 7.02. The Kier molecular flexibility index (Phi) is 13.8. The van der Waals surface area contributed by atoms with Crippen molar-refractivity contribution in [2.75, 3.05) is 31.5 Å². The maximum atomic E-state index is 13.0. The van der Waals surface area contributed by atoms with Gasteiger partial charge in [0, 0.05) is 25.8 Å². The summed E-state index contributed by atoms with van der Waals surface area (Å²) in [6.07, 6.45) is 6.57. The van der Waals surface area contributed by atoms with Crippen molar-refractivity contribution in [2.24, 2.45) is 23.7 Å². The van der Waals surface area contributed by atoms with Gasteiger partial charge in [-0.1, -0.05) is 33.6 Å². The molecule has 3 N–H and O–H groups in total. The van der Waals surface area contributed by atoms with Crippen LogP contribution in [0.25, 0.3) is 0 Å². The SMILES string of the molecule is CC(C)C.N#CC1CC(C(=O)Nc2ncccc2O)CN1C=O.O=C(CNC(=O)C(F)(F)C(F)(F)Cl)N1CC2CCCCC2C1. The number of aromatic nitrogens is 1. The molecule has 4 atom stereocenters. The minimum absolute atomic E-state index is 0.0746. The molecule has 3 fully saturated rings. The summed E-state index contributed by atoms with van der Waals surface area (Å²) in [5.41, 5.74) is 0. The summed E-state index contributed by atoms with van der Waals surface area (Å²) in [6, 6.07) is 4.35. The summed E-state index contributed by atoms with van der Waals surface area (Å²) in [5, 5.41) is 17.4. The normalized spacial score (nSPS) is 22.6. The van der Waals surface area contributed by atoms with E-state index in [4.69, 9.17) is 5.26 Å². The van der Waals surface area contributed by atoms with Crippen LogP contribution in [0.2, 0.25) is 0 Å². The Labute approximate surface area is 264 Å². The molecule has 2 aliphatic heterocycles. The summed E-state index contributed by atoms with van der Waals surface area (Å²) in [5.74, 6) is -7.11. The highest BCUT2D eigenvalue weighted by atomic mass is 35.5. The Morgan fingerprint density at radius 1 is 1.16 bits per heavy atom. The molecule has 3 heterocycles. The number of carbonyl (C=O) groups is 4. The standard InChI is InChI=1S/C13H17ClF4N2O2.C12H12N4O3.C4H10/c14-13(17,18)12(15,16)11(22)19-5-10(21)20-6-8-3-1-2-4-9(8)7-20;13-5-9-4-8(6-16(9)7-17)12(19)15-11-10(18)2-1-3-14-11;1-4(2)3/h8-9H,1-7H2,(H,19,22);1-3,7-9,18H,4,6H2,(H,14,15,19);4H,1-3H3. The number of hydrogen-bond acceptors (Lipinski definition) is 7. The Morgan fingerprint density at radius 3 is 2.20 bits per heavy atom. The Morgan fingerprint density at radius 2 is 1.73 bits per heavy atom. The van der Waals surface area contributed by atoms with Gasteiger partial charge in [-0.05, 0) is 60.7 Å². The average molecular weight is 663 g/mol. The van der Waals surface area contributed by atoms with E-state index in [1.54, 1.807) is 11.4 Å². The molecule has 11 nitrogen and oxygen atoms in total. The van der Waals surface area contributed by atoms with Crippen LogP contribution in [-0.2, 0) is 19.2 Å². The van der Waals surface area contributed by atoms with Crippen LogP contribution in [0.5, 0.6) is 5.75 Å². The molecule has 250 valence electrons. The van der Waals surface area contributed by atoms with Crippen LogP contribution in [0.3, 0.4) is 0 Å². The number of nitrogens with zero attached hydrogens (tertiary/aromatic N) is 4. The number of aromatic hydroxyl groups is 1. The van der Waals surface area contributed by atoms with Crippen LogP contribution >= 0.6 is 11.6 Å². The van der Waals surface area contributed by atoms with Crippen molar-refractivity contribution in [2.45, 2.75) is 70.2 Å². The van der Waals surface area contributed by atoms with Crippen LogP contribution in [0.4, 0.5) is 23.4 Å². The van der Waals surface area contributed by atoms with E-state index in [-0.39, 0.29) is 30.4 Å². The minimum Gasteiger partial charge on any atom is -0.504 e.